The predicted molar refractivity (Wildman–Crippen MR) is 81.1 cm³/mol. The summed E-state index contributed by atoms with van der Waals surface area (Å²) >= 11 is 0. The number of halogens is 1. The van der Waals surface area contributed by atoms with Crippen LogP contribution in [0.15, 0.2) is 41.3 Å². The Hall–Kier alpha value is -2.81. The van der Waals surface area contributed by atoms with E-state index in [0.717, 1.165) is 25.3 Å². The average Bonchev–Trinajstić information content (AvgIpc) is 3.01. The number of fused-ring (bicyclic) bond motifs is 1. The van der Waals surface area contributed by atoms with Crippen molar-refractivity contribution in [2.45, 2.75) is 4.90 Å². The van der Waals surface area contributed by atoms with Gasteiger partial charge in [0, 0.05) is 6.07 Å². The van der Waals surface area contributed by atoms with E-state index in [0.29, 0.717) is 11.5 Å². The van der Waals surface area contributed by atoms with Gasteiger partial charge in [0.2, 0.25) is 6.79 Å². The Labute approximate surface area is 137 Å². The second-order valence-electron chi connectivity index (χ2n) is 4.81. The van der Waals surface area contributed by atoms with Crippen LogP contribution in [0.2, 0.25) is 0 Å². The smallest absolute Gasteiger partial charge is 0.337 e. The van der Waals surface area contributed by atoms with Crippen molar-refractivity contribution in [2.75, 3.05) is 18.6 Å². The van der Waals surface area contributed by atoms with Crippen LogP contribution in [0.3, 0.4) is 0 Å². The fourth-order valence-electron chi connectivity index (χ4n) is 2.12. The molecule has 0 spiro atoms. The molecule has 0 bridgehead atoms. The molecule has 0 amide bonds. The molecule has 1 aliphatic heterocycles. The van der Waals surface area contributed by atoms with Crippen LogP contribution in [0, 0.1) is 5.82 Å². The van der Waals surface area contributed by atoms with Crippen LogP contribution in [-0.4, -0.2) is 28.3 Å². The summed E-state index contributed by atoms with van der Waals surface area (Å²) in [5, 5.41) is 0. The first-order valence-corrected chi connectivity index (χ1v) is 8.19. The van der Waals surface area contributed by atoms with Gasteiger partial charge in [-0.15, -0.1) is 0 Å². The second-order valence-corrected chi connectivity index (χ2v) is 6.46. The third-order valence-corrected chi connectivity index (χ3v) is 4.66. The van der Waals surface area contributed by atoms with Gasteiger partial charge in [-0.25, -0.2) is 17.6 Å². The first-order valence-electron chi connectivity index (χ1n) is 6.71. The predicted octanol–water partition coefficient (Wildman–Crippen LogP) is 2.14. The number of sulfonamides is 1. The molecule has 0 radical (unpaired) electrons. The summed E-state index contributed by atoms with van der Waals surface area (Å²) in [4.78, 5) is 10.8. The highest BCUT2D eigenvalue weighted by Gasteiger charge is 2.23. The zero-order valence-corrected chi connectivity index (χ0v) is 13.2. The Morgan fingerprint density at radius 2 is 1.92 bits per heavy atom. The molecule has 0 saturated carbocycles. The van der Waals surface area contributed by atoms with Crippen LogP contribution in [0.5, 0.6) is 11.5 Å². The molecule has 3 rings (SSSR count). The third-order valence-electron chi connectivity index (χ3n) is 3.27. The third kappa shape index (κ3) is 2.98. The maximum atomic E-state index is 13.9. The number of hydrogen-bond donors (Lipinski definition) is 1. The molecule has 24 heavy (non-hydrogen) atoms. The number of ether oxygens (including phenoxy) is 3. The number of methoxy groups -OCH3 is 1. The lowest BCUT2D eigenvalue weighted by molar-refractivity contribution is 0.0600. The first kappa shape index (κ1) is 16.1. The highest BCUT2D eigenvalue weighted by Crippen LogP contribution is 2.35. The normalized spacial score (nSPS) is 12.8. The minimum absolute atomic E-state index is 0.0430. The molecule has 0 atom stereocenters. The van der Waals surface area contributed by atoms with Gasteiger partial charge in [0.15, 0.2) is 11.5 Å². The minimum Gasteiger partial charge on any atom is -0.465 e. The zero-order chi connectivity index (χ0) is 17.3. The molecule has 1 N–H and O–H groups in total. The average molecular weight is 353 g/mol. The van der Waals surface area contributed by atoms with Crippen molar-refractivity contribution in [1.82, 2.24) is 0 Å². The molecule has 0 aromatic heterocycles. The van der Waals surface area contributed by atoms with Crippen molar-refractivity contribution in [2.24, 2.45) is 0 Å². The summed E-state index contributed by atoms with van der Waals surface area (Å²) in [5.41, 5.74) is 0.0899. The number of anilines is 1. The second kappa shape index (κ2) is 6.00. The highest BCUT2D eigenvalue weighted by atomic mass is 32.2. The molecule has 1 aliphatic rings. The zero-order valence-electron chi connectivity index (χ0n) is 12.4. The number of rotatable bonds is 4. The Morgan fingerprint density at radius 3 is 2.67 bits per heavy atom. The molecule has 0 fully saturated rings. The number of carbonyl (C=O) groups is 1. The van der Waals surface area contributed by atoms with Crippen molar-refractivity contribution in [3.05, 3.63) is 47.8 Å². The number of esters is 1. The molecule has 126 valence electrons. The standard InChI is InChI=1S/C15H12FNO6S/c1-21-15(18)9-2-4-11(16)14(6-9)24(19,20)17-10-3-5-12-13(7-10)23-8-22-12/h2-7,17H,8H2,1H3. The Kier molecular flexibility index (Phi) is 4.02. The number of benzene rings is 2. The minimum atomic E-state index is -4.25. The van der Waals surface area contributed by atoms with Crippen LogP contribution in [0.25, 0.3) is 0 Å². The molecule has 2 aromatic carbocycles. The lowest BCUT2D eigenvalue weighted by Crippen LogP contribution is -2.15. The van der Waals surface area contributed by atoms with Crippen molar-refractivity contribution in [1.29, 1.82) is 0 Å². The Bertz CT molecular complexity index is 912. The van der Waals surface area contributed by atoms with E-state index >= 15 is 0 Å². The van der Waals surface area contributed by atoms with Crippen molar-refractivity contribution in [3.63, 3.8) is 0 Å². The van der Waals surface area contributed by atoms with Crippen LogP contribution in [0.4, 0.5) is 10.1 Å². The van der Waals surface area contributed by atoms with E-state index in [1.807, 2.05) is 0 Å². The molecule has 0 aliphatic carbocycles. The van der Waals surface area contributed by atoms with Crippen LogP contribution < -0.4 is 14.2 Å². The van der Waals surface area contributed by atoms with Gasteiger partial charge in [0.1, 0.15) is 10.7 Å². The SMILES string of the molecule is COC(=O)c1ccc(F)c(S(=O)(=O)Nc2ccc3c(c2)OCO3)c1. The fourth-order valence-corrected chi connectivity index (χ4v) is 3.28. The molecule has 0 saturated heterocycles. The van der Waals surface area contributed by atoms with Gasteiger partial charge in [-0.05, 0) is 30.3 Å². The maximum absolute atomic E-state index is 13.9. The molecule has 7 nitrogen and oxygen atoms in total. The topological polar surface area (TPSA) is 90.9 Å². The van der Waals surface area contributed by atoms with E-state index in [2.05, 4.69) is 9.46 Å². The summed E-state index contributed by atoms with van der Waals surface area (Å²) in [5.74, 6) is -0.902. The van der Waals surface area contributed by atoms with Crippen LogP contribution in [-0.2, 0) is 14.8 Å². The monoisotopic (exact) mass is 353 g/mol. The number of carbonyl (C=O) groups excluding carboxylic acids is 1. The maximum Gasteiger partial charge on any atom is 0.337 e. The summed E-state index contributed by atoms with van der Waals surface area (Å²) in [6.07, 6.45) is 0. The van der Waals surface area contributed by atoms with E-state index < -0.39 is 26.7 Å². The molecular weight excluding hydrogens is 341 g/mol. The quantitative estimate of drug-likeness (QED) is 0.847. The van der Waals surface area contributed by atoms with E-state index in [4.69, 9.17) is 9.47 Å². The van der Waals surface area contributed by atoms with Crippen LogP contribution in [0.1, 0.15) is 10.4 Å². The van der Waals surface area contributed by atoms with Gasteiger partial charge in [-0.1, -0.05) is 0 Å². The van der Waals surface area contributed by atoms with Gasteiger partial charge in [-0.2, -0.15) is 0 Å². The fraction of sp³-hybridized carbons (Fsp3) is 0.133. The molecule has 9 heteroatoms. The molecule has 2 aromatic rings. The number of hydrogen-bond acceptors (Lipinski definition) is 6. The molecular formula is C15H12FNO6S. The van der Waals surface area contributed by atoms with Crippen LogP contribution >= 0.6 is 0 Å². The largest absolute Gasteiger partial charge is 0.465 e. The lowest BCUT2D eigenvalue weighted by Gasteiger charge is -2.10. The van der Waals surface area contributed by atoms with E-state index in [1.54, 1.807) is 0 Å². The summed E-state index contributed by atoms with van der Waals surface area (Å²) in [6.45, 7) is 0.0430. The van der Waals surface area contributed by atoms with Gasteiger partial charge >= 0.3 is 5.97 Å². The van der Waals surface area contributed by atoms with Gasteiger partial charge in [-0.3, -0.25) is 4.72 Å². The summed E-state index contributed by atoms with van der Waals surface area (Å²) < 4.78 is 55.8. The highest BCUT2D eigenvalue weighted by molar-refractivity contribution is 7.92. The van der Waals surface area contributed by atoms with Crippen molar-refractivity contribution < 1.29 is 31.8 Å². The molecule has 1 heterocycles. The summed E-state index contributed by atoms with van der Waals surface area (Å²) in [7, 11) is -3.11. The first-order chi connectivity index (χ1) is 11.4. The van der Waals surface area contributed by atoms with Crippen molar-refractivity contribution in [3.8, 4) is 11.5 Å². The van der Waals surface area contributed by atoms with Gasteiger partial charge in [0.05, 0.1) is 18.4 Å². The van der Waals surface area contributed by atoms with Crippen molar-refractivity contribution >= 4 is 21.7 Å². The van der Waals surface area contributed by atoms with E-state index in [9.17, 15) is 17.6 Å². The van der Waals surface area contributed by atoms with E-state index in [1.165, 1.54) is 18.2 Å². The Balaban J connectivity index is 1.94. The van der Waals surface area contributed by atoms with E-state index in [-0.39, 0.29) is 18.0 Å². The number of nitrogens with one attached hydrogen (secondary N) is 1. The van der Waals surface area contributed by atoms with Gasteiger partial charge in [0.25, 0.3) is 10.0 Å². The Morgan fingerprint density at radius 1 is 1.17 bits per heavy atom. The lowest BCUT2D eigenvalue weighted by atomic mass is 10.2. The summed E-state index contributed by atoms with van der Waals surface area (Å²) in [6, 6.07) is 7.34. The van der Waals surface area contributed by atoms with Gasteiger partial charge < -0.3 is 14.2 Å². The molecule has 0 unspecified atom stereocenters.